The number of thiazole rings is 1. The Balaban J connectivity index is 1.65. The average molecular weight is 548 g/mol. The van der Waals surface area contributed by atoms with Crippen LogP contribution in [-0.4, -0.2) is 33.3 Å². The predicted molar refractivity (Wildman–Crippen MR) is 144 cm³/mol. The number of ether oxygens (including phenoxy) is 1. The Hall–Kier alpha value is -4.64. The van der Waals surface area contributed by atoms with Gasteiger partial charge >= 0.3 is 5.91 Å². The number of anilines is 1. The normalized spacial score (nSPS) is 16.7. The molecule has 0 radical (unpaired) electrons. The van der Waals surface area contributed by atoms with E-state index in [-0.39, 0.29) is 22.0 Å². The molecular weight excluding hydrogens is 525 g/mol. The highest BCUT2D eigenvalue weighted by Gasteiger charge is 2.48. The number of ketones is 1. The highest BCUT2D eigenvalue weighted by molar-refractivity contribution is 7.22. The van der Waals surface area contributed by atoms with Gasteiger partial charge in [0.2, 0.25) is 0 Å². The SMILES string of the molecule is CCCCOc1cccc(/C(O)=C2\C(=O)C(=O)N(c3nc4ccc(F)cc4s3)C2c2ccc([N+](=O)[O-])cc2)c1. The van der Waals surface area contributed by atoms with Crippen molar-refractivity contribution in [3.63, 3.8) is 0 Å². The Morgan fingerprint density at radius 3 is 2.64 bits per heavy atom. The van der Waals surface area contributed by atoms with Gasteiger partial charge in [-0.1, -0.05) is 36.8 Å². The highest BCUT2D eigenvalue weighted by Crippen LogP contribution is 2.44. The quantitative estimate of drug-likeness (QED) is 0.0701. The van der Waals surface area contributed by atoms with Crippen LogP contribution in [0.15, 0.2) is 72.3 Å². The zero-order valence-corrected chi connectivity index (χ0v) is 21.5. The van der Waals surface area contributed by atoms with E-state index < -0.39 is 34.2 Å². The number of aliphatic hydroxyl groups excluding tert-OH is 1. The van der Waals surface area contributed by atoms with E-state index >= 15 is 0 Å². The van der Waals surface area contributed by atoms with Crippen LogP contribution in [0.25, 0.3) is 16.0 Å². The maximum absolute atomic E-state index is 13.8. The molecule has 1 saturated heterocycles. The summed E-state index contributed by atoms with van der Waals surface area (Å²) in [7, 11) is 0. The fourth-order valence-electron chi connectivity index (χ4n) is 4.34. The Morgan fingerprint density at radius 1 is 1.15 bits per heavy atom. The number of nitro groups is 1. The van der Waals surface area contributed by atoms with Crippen LogP contribution in [0.5, 0.6) is 5.75 Å². The van der Waals surface area contributed by atoms with E-state index in [1.165, 1.54) is 42.5 Å². The number of benzene rings is 3. The fourth-order valence-corrected chi connectivity index (χ4v) is 5.35. The molecule has 2 heterocycles. The molecule has 1 N–H and O–H groups in total. The van der Waals surface area contributed by atoms with Crippen molar-refractivity contribution in [3.05, 3.63) is 99.4 Å². The Labute approximate surface area is 225 Å². The van der Waals surface area contributed by atoms with Crippen molar-refractivity contribution in [1.29, 1.82) is 0 Å². The van der Waals surface area contributed by atoms with Crippen molar-refractivity contribution in [2.75, 3.05) is 11.5 Å². The first-order valence-electron chi connectivity index (χ1n) is 12.1. The molecule has 9 nitrogen and oxygen atoms in total. The number of nitro benzene ring substituents is 1. The first kappa shape index (κ1) is 26.0. The van der Waals surface area contributed by atoms with Crippen LogP contribution in [0.4, 0.5) is 15.2 Å². The molecule has 0 bridgehead atoms. The van der Waals surface area contributed by atoms with Gasteiger partial charge in [0.15, 0.2) is 5.13 Å². The first-order valence-corrected chi connectivity index (χ1v) is 12.9. The van der Waals surface area contributed by atoms with Crippen molar-refractivity contribution >= 4 is 49.8 Å². The average Bonchev–Trinajstić information content (AvgIpc) is 3.46. The number of nitrogens with zero attached hydrogens (tertiary/aromatic N) is 3. The van der Waals surface area contributed by atoms with Crippen LogP contribution >= 0.6 is 11.3 Å². The molecule has 5 rings (SSSR count). The molecule has 39 heavy (non-hydrogen) atoms. The second-order valence-corrected chi connectivity index (χ2v) is 9.87. The number of aliphatic hydroxyl groups is 1. The molecule has 0 saturated carbocycles. The number of rotatable bonds is 8. The second kappa shape index (κ2) is 10.6. The lowest BCUT2D eigenvalue weighted by Crippen LogP contribution is -2.29. The summed E-state index contributed by atoms with van der Waals surface area (Å²) in [6.07, 6.45) is 1.78. The van der Waals surface area contributed by atoms with Crippen LogP contribution in [0.3, 0.4) is 0 Å². The van der Waals surface area contributed by atoms with Crippen LogP contribution < -0.4 is 9.64 Å². The zero-order chi connectivity index (χ0) is 27.7. The van der Waals surface area contributed by atoms with Gasteiger partial charge in [0.05, 0.1) is 33.4 Å². The zero-order valence-electron chi connectivity index (χ0n) is 20.7. The fraction of sp³-hybridized carbons (Fsp3) is 0.179. The monoisotopic (exact) mass is 547 g/mol. The number of hydrogen-bond acceptors (Lipinski definition) is 8. The minimum absolute atomic E-state index is 0.122. The Kier molecular flexibility index (Phi) is 7.07. The minimum atomic E-state index is -1.14. The van der Waals surface area contributed by atoms with Crippen LogP contribution in [0, 0.1) is 15.9 Å². The molecule has 11 heteroatoms. The number of hydrogen-bond donors (Lipinski definition) is 1. The predicted octanol–water partition coefficient (Wildman–Crippen LogP) is 6.15. The summed E-state index contributed by atoms with van der Waals surface area (Å²) < 4.78 is 20.0. The molecule has 1 atom stereocenters. The van der Waals surface area contributed by atoms with E-state index in [4.69, 9.17) is 4.74 Å². The summed E-state index contributed by atoms with van der Waals surface area (Å²) in [6.45, 7) is 2.51. The number of amides is 1. The molecule has 3 aromatic carbocycles. The van der Waals surface area contributed by atoms with E-state index in [1.807, 2.05) is 6.92 Å². The van der Waals surface area contributed by atoms with Gasteiger partial charge in [-0.2, -0.15) is 0 Å². The number of Topliss-reactive ketones (excluding diaryl/α,β-unsaturated/α-hetero) is 1. The Morgan fingerprint density at radius 2 is 1.92 bits per heavy atom. The largest absolute Gasteiger partial charge is 0.507 e. The third kappa shape index (κ3) is 4.96. The molecule has 198 valence electrons. The summed E-state index contributed by atoms with van der Waals surface area (Å²) in [5.41, 5.74) is 0.660. The van der Waals surface area contributed by atoms with Crippen LogP contribution in [0.1, 0.15) is 36.9 Å². The molecule has 0 aliphatic carbocycles. The maximum atomic E-state index is 13.8. The van der Waals surface area contributed by atoms with E-state index in [1.54, 1.807) is 24.3 Å². The topological polar surface area (TPSA) is 123 Å². The summed E-state index contributed by atoms with van der Waals surface area (Å²) in [6, 6.07) is 14.7. The molecule has 1 fully saturated rings. The molecule has 1 aliphatic heterocycles. The number of fused-ring (bicyclic) bond motifs is 1. The maximum Gasteiger partial charge on any atom is 0.301 e. The summed E-state index contributed by atoms with van der Waals surface area (Å²) in [4.78, 5) is 43.0. The molecule has 1 unspecified atom stereocenters. The van der Waals surface area contributed by atoms with Crippen molar-refractivity contribution in [1.82, 2.24) is 4.98 Å². The lowest BCUT2D eigenvalue weighted by Gasteiger charge is -2.23. The van der Waals surface area contributed by atoms with Gasteiger partial charge in [-0.05, 0) is 54.4 Å². The first-order chi connectivity index (χ1) is 18.8. The molecule has 1 aliphatic rings. The number of carbonyl (C=O) groups excluding carboxylic acids is 2. The van der Waals surface area contributed by atoms with Crippen molar-refractivity contribution in [2.24, 2.45) is 0 Å². The molecular formula is C28H22FN3O6S. The van der Waals surface area contributed by atoms with E-state index in [9.17, 15) is 29.2 Å². The van der Waals surface area contributed by atoms with Gasteiger partial charge in [-0.15, -0.1) is 0 Å². The van der Waals surface area contributed by atoms with E-state index in [2.05, 4.69) is 4.98 Å². The van der Waals surface area contributed by atoms with Gasteiger partial charge < -0.3 is 9.84 Å². The van der Waals surface area contributed by atoms with Crippen molar-refractivity contribution in [2.45, 2.75) is 25.8 Å². The van der Waals surface area contributed by atoms with Crippen molar-refractivity contribution < 1.29 is 28.7 Å². The number of halogens is 1. The van der Waals surface area contributed by atoms with Gasteiger partial charge in [0.25, 0.3) is 11.5 Å². The van der Waals surface area contributed by atoms with Crippen LogP contribution in [0.2, 0.25) is 0 Å². The van der Waals surface area contributed by atoms with Gasteiger partial charge in [-0.25, -0.2) is 9.37 Å². The summed E-state index contributed by atoms with van der Waals surface area (Å²) in [5.74, 6) is -2.30. The molecule has 1 aromatic heterocycles. The Bertz CT molecular complexity index is 1630. The minimum Gasteiger partial charge on any atom is -0.507 e. The highest BCUT2D eigenvalue weighted by atomic mass is 32.1. The number of carbonyl (C=O) groups is 2. The lowest BCUT2D eigenvalue weighted by atomic mass is 9.95. The molecule has 0 spiro atoms. The van der Waals surface area contributed by atoms with E-state index in [0.717, 1.165) is 29.1 Å². The van der Waals surface area contributed by atoms with Crippen molar-refractivity contribution in [3.8, 4) is 5.75 Å². The number of unbranched alkanes of at least 4 members (excludes halogenated alkanes) is 1. The number of aromatic nitrogens is 1. The number of non-ortho nitro benzene ring substituents is 1. The lowest BCUT2D eigenvalue weighted by molar-refractivity contribution is -0.384. The smallest absolute Gasteiger partial charge is 0.301 e. The van der Waals surface area contributed by atoms with E-state index in [0.29, 0.717) is 28.1 Å². The molecule has 1 amide bonds. The van der Waals surface area contributed by atoms with Gasteiger partial charge in [0.1, 0.15) is 17.3 Å². The standard InChI is InChI=1S/C28H22FN3O6S/c1-2-3-13-38-20-6-4-5-17(14-20)25(33)23-24(16-7-10-19(11-8-16)32(36)37)31(27(35)26(23)34)28-30-21-12-9-18(29)15-22(21)39-28/h4-12,14-15,24,33H,2-3,13H2,1H3/b25-23+. The van der Waals surface area contributed by atoms with Crippen LogP contribution in [-0.2, 0) is 9.59 Å². The summed E-state index contributed by atoms with van der Waals surface area (Å²) >= 11 is 1.01. The van der Waals surface area contributed by atoms with Gasteiger partial charge in [0, 0.05) is 17.7 Å². The summed E-state index contributed by atoms with van der Waals surface area (Å²) in [5, 5.41) is 22.7. The molecule has 4 aromatic rings. The second-order valence-electron chi connectivity index (χ2n) is 8.86. The van der Waals surface area contributed by atoms with Gasteiger partial charge in [-0.3, -0.25) is 24.6 Å². The third-order valence-corrected chi connectivity index (χ3v) is 7.30. The third-order valence-electron chi connectivity index (χ3n) is 6.28.